The summed E-state index contributed by atoms with van der Waals surface area (Å²) in [5.41, 5.74) is 3.48. The Hall–Kier alpha value is -4.34. The maximum atomic E-state index is 12.9. The number of halogens is 1. The summed E-state index contributed by atoms with van der Waals surface area (Å²) >= 11 is 0. The van der Waals surface area contributed by atoms with E-state index in [9.17, 15) is 24.1 Å². The van der Waals surface area contributed by atoms with E-state index in [4.69, 9.17) is 4.42 Å². The van der Waals surface area contributed by atoms with Crippen LogP contribution in [0.5, 0.6) is 0 Å². The fraction of sp³-hybridized carbons (Fsp3) is 0.0952. The highest BCUT2D eigenvalue weighted by atomic mass is 19.1. The molecule has 0 saturated heterocycles. The quantitative estimate of drug-likeness (QED) is 0.342. The molecule has 3 aromatic rings. The van der Waals surface area contributed by atoms with Crippen LogP contribution in [0.25, 0.3) is 11.3 Å². The van der Waals surface area contributed by atoms with Gasteiger partial charge in [0.1, 0.15) is 17.3 Å². The lowest BCUT2D eigenvalue weighted by Gasteiger charge is -2.04. The number of nitro benzene ring substituents is 1. The van der Waals surface area contributed by atoms with Crippen LogP contribution in [0.4, 0.5) is 10.1 Å². The molecule has 0 aliphatic heterocycles. The number of nitrogens with zero attached hydrogens (tertiary/aromatic N) is 2. The summed E-state index contributed by atoms with van der Waals surface area (Å²) in [5.74, 6) is -0.836. The molecule has 31 heavy (non-hydrogen) atoms. The average Bonchev–Trinajstić information content (AvgIpc) is 3.21. The van der Waals surface area contributed by atoms with E-state index in [-0.39, 0.29) is 17.8 Å². The van der Waals surface area contributed by atoms with E-state index in [1.54, 1.807) is 31.2 Å². The number of carbonyl (C=O) groups is 2. The van der Waals surface area contributed by atoms with Gasteiger partial charge in [0.05, 0.1) is 17.7 Å². The molecule has 2 N–H and O–H groups in total. The topological polar surface area (TPSA) is 127 Å². The first kappa shape index (κ1) is 21.4. The van der Waals surface area contributed by atoms with Gasteiger partial charge in [0.15, 0.2) is 0 Å². The zero-order chi connectivity index (χ0) is 22.4. The molecule has 0 atom stereocenters. The van der Waals surface area contributed by atoms with Crippen molar-refractivity contribution in [2.75, 3.05) is 6.54 Å². The highest BCUT2D eigenvalue weighted by Gasteiger charge is 2.16. The standard InChI is InChI=1S/C21H17FN4O5/c1-13-17(3-2-4-18(13)26(29)30)19-10-9-16(31-19)11-24-25-20(27)12-23-21(28)14-5-7-15(22)8-6-14/h2-11H,12H2,1H3,(H,23,28)(H,25,27)/b24-11-. The van der Waals surface area contributed by atoms with Crippen LogP contribution < -0.4 is 10.7 Å². The minimum Gasteiger partial charge on any atom is -0.455 e. The van der Waals surface area contributed by atoms with Crippen molar-refractivity contribution in [3.8, 4) is 11.3 Å². The van der Waals surface area contributed by atoms with Gasteiger partial charge in [-0.3, -0.25) is 19.7 Å². The van der Waals surface area contributed by atoms with Gasteiger partial charge in [-0.25, -0.2) is 9.82 Å². The number of amides is 2. The smallest absolute Gasteiger partial charge is 0.273 e. The highest BCUT2D eigenvalue weighted by Crippen LogP contribution is 2.30. The molecule has 0 aliphatic carbocycles. The maximum absolute atomic E-state index is 12.9. The van der Waals surface area contributed by atoms with Gasteiger partial charge in [-0.2, -0.15) is 5.10 Å². The molecule has 158 valence electrons. The van der Waals surface area contributed by atoms with Crippen molar-refractivity contribution in [3.63, 3.8) is 0 Å². The molecule has 0 spiro atoms. The molecule has 1 heterocycles. The van der Waals surface area contributed by atoms with Crippen LogP contribution in [0, 0.1) is 22.9 Å². The highest BCUT2D eigenvalue weighted by molar-refractivity contribution is 5.96. The lowest BCUT2D eigenvalue weighted by atomic mass is 10.1. The minimum absolute atomic E-state index is 0.0148. The molecule has 0 radical (unpaired) electrons. The molecule has 0 fully saturated rings. The van der Waals surface area contributed by atoms with Crippen molar-refractivity contribution >= 4 is 23.7 Å². The Morgan fingerprint density at radius 3 is 2.61 bits per heavy atom. The Morgan fingerprint density at radius 2 is 1.90 bits per heavy atom. The summed E-state index contributed by atoms with van der Waals surface area (Å²) in [6.45, 7) is 1.30. The first-order chi connectivity index (χ1) is 14.8. The van der Waals surface area contributed by atoms with Crippen molar-refractivity contribution in [1.82, 2.24) is 10.7 Å². The summed E-state index contributed by atoms with van der Waals surface area (Å²) in [4.78, 5) is 34.3. The van der Waals surface area contributed by atoms with E-state index in [2.05, 4.69) is 15.8 Å². The number of nitro groups is 1. The molecule has 10 heteroatoms. The van der Waals surface area contributed by atoms with Crippen LogP contribution in [0.15, 0.2) is 64.1 Å². The Morgan fingerprint density at radius 1 is 1.16 bits per heavy atom. The summed E-state index contributed by atoms with van der Waals surface area (Å²) < 4.78 is 18.5. The second-order valence-electron chi connectivity index (χ2n) is 6.39. The van der Waals surface area contributed by atoms with E-state index in [1.165, 1.54) is 24.4 Å². The number of hydrogen-bond donors (Lipinski definition) is 2. The van der Waals surface area contributed by atoms with Crippen LogP contribution in [0.3, 0.4) is 0 Å². The molecule has 0 aliphatic rings. The molecule has 0 saturated carbocycles. The van der Waals surface area contributed by atoms with Gasteiger partial charge in [0, 0.05) is 22.8 Å². The van der Waals surface area contributed by atoms with E-state index in [0.717, 1.165) is 12.1 Å². The van der Waals surface area contributed by atoms with Gasteiger partial charge < -0.3 is 9.73 Å². The number of benzene rings is 2. The number of nitrogens with one attached hydrogen (secondary N) is 2. The fourth-order valence-electron chi connectivity index (χ4n) is 2.73. The molecule has 1 aromatic heterocycles. The molecule has 2 amide bonds. The SMILES string of the molecule is Cc1c(-c2ccc(/C=N\NC(=O)CNC(=O)c3ccc(F)cc3)o2)cccc1[N+](=O)[O-]. The third-order valence-corrected chi connectivity index (χ3v) is 4.29. The molecule has 3 rings (SSSR count). The van der Waals surface area contributed by atoms with Crippen molar-refractivity contribution in [1.29, 1.82) is 0 Å². The van der Waals surface area contributed by atoms with Crippen LogP contribution in [0.2, 0.25) is 0 Å². The summed E-state index contributed by atoms with van der Waals surface area (Å²) in [5, 5.41) is 17.2. The number of furan rings is 1. The first-order valence-electron chi connectivity index (χ1n) is 9.05. The minimum atomic E-state index is -0.576. The largest absolute Gasteiger partial charge is 0.455 e. The monoisotopic (exact) mass is 424 g/mol. The van der Waals surface area contributed by atoms with Crippen molar-refractivity contribution in [2.45, 2.75) is 6.92 Å². The second kappa shape index (κ2) is 9.44. The number of hydrogen-bond acceptors (Lipinski definition) is 6. The van der Waals surface area contributed by atoms with E-state index < -0.39 is 22.6 Å². The predicted molar refractivity (Wildman–Crippen MR) is 110 cm³/mol. The van der Waals surface area contributed by atoms with E-state index in [1.807, 2.05) is 0 Å². The van der Waals surface area contributed by atoms with Gasteiger partial charge in [0.25, 0.3) is 17.5 Å². The number of carbonyl (C=O) groups excluding carboxylic acids is 2. The van der Waals surface area contributed by atoms with Crippen LogP contribution in [-0.2, 0) is 4.79 Å². The fourth-order valence-corrected chi connectivity index (χ4v) is 2.73. The molecular weight excluding hydrogens is 407 g/mol. The zero-order valence-electron chi connectivity index (χ0n) is 16.3. The third-order valence-electron chi connectivity index (χ3n) is 4.29. The van der Waals surface area contributed by atoms with Crippen molar-refractivity contribution < 1.29 is 23.3 Å². The lowest BCUT2D eigenvalue weighted by Crippen LogP contribution is -2.34. The van der Waals surface area contributed by atoms with Gasteiger partial charge >= 0.3 is 0 Å². The molecular formula is C21H17FN4O5. The first-order valence-corrected chi connectivity index (χ1v) is 9.05. The van der Waals surface area contributed by atoms with Crippen molar-refractivity contribution in [3.05, 3.63) is 87.4 Å². The zero-order valence-corrected chi connectivity index (χ0v) is 16.3. The molecule has 2 aromatic carbocycles. The Bertz CT molecular complexity index is 1150. The summed E-state index contributed by atoms with van der Waals surface area (Å²) in [7, 11) is 0. The van der Waals surface area contributed by atoms with Crippen LogP contribution in [-0.4, -0.2) is 29.5 Å². The normalized spacial score (nSPS) is 10.8. The lowest BCUT2D eigenvalue weighted by molar-refractivity contribution is -0.385. The Labute approximate surface area is 175 Å². The number of rotatable bonds is 7. The van der Waals surface area contributed by atoms with Crippen LogP contribution in [0.1, 0.15) is 21.7 Å². The Balaban J connectivity index is 1.55. The average molecular weight is 424 g/mol. The maximum Gasteiger partial charge on any atom is 0.273 e. The van der Waals surface area contributed by atoms with Crippen LogP contribution >= 0.6 is 0 Å². The van der Waals surface area contributed by atoms with Gasteiger partial charge in [-0.1, -0.05) is 12.1 Å². The van der Waals surface area contributed by atoms with Gasteiger partial charge in [0.2, 0.25) is 0 Å². The van der Waals surface area contributed by atoms with E-state index >= 15 is 0 Å². The van der Waals surface area contributed by atoms with Gasteiger partial charge in [-0.15, -0.1) is 0 Å². The van der Waals surface area contributed by atoms with Crippen molar-refractivity contribution in [2.24, 2.45) is 5.10 Å². The summed E-state index contributed by atoms with van der Waals surface area (Å²) in [6.07, 6.45) is 1.26. The van der Waals surface area contributed by atoms with E-state index in [0.29, 0.717) is 22.6 Å². The molecule has 0 bridgehead atoms. The predicted octanol–water partition coefficient (Wildman–Crippen LogP) is 3.18. The molecule has 9 nitrogen and oxygen atoms in total. The Kier molecular flexibility index (Phi) is 6.51. The van der Waals surface area contributed by atoms with Gasteiger partial charge in [-0.05, 0) is 43.3 Å². The second-order valence-corrected chi connectivity index (χ2v) is 6.39. The number of hydrazone groups is 1. The molecule has 0 unspecified atom stereocenters. The summed E-state index contributed by atoms with van der Waals surface area (Å²) in [6, 6.07) is 12.8. The third kappa shape index (κ3) is 5.38.